The Hall–Kier alpha value is -2.38. The quantitative estimate of drug-likeness (QED) is 0.378. The summed E-state index contributed by atoms with van der Waals surface area (Å²) in [6.07, 6.45) is 0.902. The Morgan fingerprint density at radius 3 is 2.36 bits per heavy atom. The molecule has 0 aliphatic rings. The van der Waals surface area contributed by atoms with Crippen LogP contribution in [0.15, 0.2) is 42.7 Å². The number of halogens is 3. The largest absolute Gasteiger partial charge is 0.332 e. The lowest BCUT2D eigenvalue weighted by Crippen LogP contribution is -2.01. The van der Waals surface area contributed by atoms with Gasteiger partial charge in [0, 0.05) is 18.0 Å². The van der Waals surface area contributed by atoms with Gasteiger partial charge in [-0.25, -0.2) is 18.7 Å². The highest BCUT2D eigenvalue weighted by Crippen LogP contribution is 2.39. The van der Waals surface area contributed by atoms with Gasteiger partial charge in [0.05, 0.1) is 11.7 Å². The van der Waals surface area contributed by atoms with Crippen molar-refractivity contribution in [1.82, 2.24) is 14.5 Å². The van der Waals surface area contributed by atoms with E-state index in [1.807, 2.05) is 0 Å². The molecule has 0 saturated carbocycles. The molecule has 0 aliphatic heterocycles. The number of rotatable bonds is 4. The Bertz CT molecular complexity index is 1250. The van der Waals surface area contributed by atoms with E-state index in [0.717, 1.165) is 17.7 Å². The van der Waals surface area contributed by atoms with E-state index in [-0.39, 0.29) is 17.9 Å². The molecule has 10 heteroatoms. The number of nitrogens with zero attached hydrogens (tertiary/aromatic N) is 3. The van der Waals surface area contributed by atoms with Crippen LogP contribution in [0.25, 0.3) is 21.9 Å². The van der Waals surface area contributed by atoms with Crippen molar-refractivity contribution in [2.45, 2.75) is 12.7 Å². The summed E-state index contributed by atoms with van der Waals surface area (Å²) in [7, 11) is -4.16. The number of hydrogen-bond acceptors (Lipinski definition) is 3. The number of aromatic nitrogens is 3. The predicted octanol–water partition coefficient (Wildman–Crippen LogP) is 4.24. The summed E-state index contributed by atoms with van der Waals surface area (Å²) in [5.74, 6) is -1.97. The minimum absolute atomic E-state index is 0.153. The lowest BCUT2D eigenvalue weighted by Gasteiger charge is -2.10. The molecule has 2 aromatic heterocycles. The van der Waals surface area contributed by atoms with E-state index >= 15 is 0 Å². The third kappa shape index (κ3) is 3.52. The molecule has 0 bridgehead atoms. The van der Waals surface area contributed by atoms with Crippen LogP contribution in [-0.2, 0) is 17.3 Å². The van der Waals surface area contributed by atoms with Crippen molar-refractivity contribution in [3.05, 3.63) is 70.6 Å². The van der Waals surface area contributed by atoms with Crippen molar-refractivity contribution in [2.24, 2.45) is 0 Å². The van der Waals surface area contributed by atoms with Crippen LogP contribution in [0.3, 0.4) is 0 Å². The van der Waals surface area contributed by atoms with Crippen molar-refractivity contribution < 1.29 is 23.1 Å². The topological polar surface area (TPSA) is 88.2 Å². The summed E-state index contributed by atoms with van der Waals surface area (Å²) < 4.78 is 40.5. The van der Waals surface area contributed by atoms with Gasteiger partial charge in [-0.3, -0.25) is 4.57 Å². The first kappa shape index (κ1) is 19.0. The minimum atomic E-state index is -4.16. The van der Waals surface area contributed by atoms with Crippen molar-refractivity contribution in [1.29, 1.82) is 0 Å². The van der Waals surface area contributed by atoms with Crippen LogP contribution in [0, 0.1) is 11.6 Å². The molecule has 2 heterocycles. The fraction of sp³-hybridized carbons (Fsp3) is 0.111. The van der Waals surface area contributed by atoms with Crippen LogP contribution in [0.4, 0.5) is 8.78 Å². The van der Waals surface area contributed by atoms with E-state index in [4.69, 9.17) is 21.4 Å². The molecule has 0 fully saturated rings. The fourth-order valence-electron chi connectivity index (χ4n) is 3.20. The van der Waals surface area contributed by atoms with Gasteiger partial charge >= 0.3 is 7.60 Å². The van der Waals surface area contributed by atoms with Crippen LogP contribution in [-0.4, -0.2) is 24.3 Å². The van der Waals surface area contributed by atoms with Gasteiger partial charge < -0.3 is 14.4 Å². The predicted molar refractivity (Wildman–Crippen MR) is 101 cm³/mol. The lowest BCUT2D eigenvalue weighted by molar-refractivity contribution is 0.371. The zero-order chi connectivity index (χ0) is 20.1. The van der Waals surface area contributed by atoms with E-state index in [2.05, 4.69) is 9.97 Å². The second-order valence-electron chi connectivity index (χ2n) is 6.37. The van der Waals surface area contributed by atoms with Crippen molar-refractivity contribution >= 4 is 41.1 Å². The summed E-state index contributed by atoms with van der Waals surface area (Å²) in [5, 5.41) is 0.566. The van der Waals surface area contributed by atoms with Crippen LogP contribution in [0.1, 0.15) is 11.1 Å². The molecule has 2 N–H and O–H groups in total. The van der Waals surface area contributed by atoms with Gasteiger partial charge in [-0.2, -0.15) is 0 Å². The summed E-state index contributed by atoms with van der Waals surface area (Å²) >= 11 is 6.23. The maximum Gasteiger partial charge on any atom is 0.329 e. The monoisotopic (exact) mass is 423 g/mol. The summed E-state index contributed by atoms with van der Waals surface area (Å²) in [6.45, 7) is 0.258. The SMILES string of the molecule is O=P(O)(O)Cc1ccc(Cn2c3cc(F)c(F)cc3c3ncnc(Cl)c32)cc1. The normalized spacial score (nSPS) is 12.2. The van der Waals surface area contributed by atoms with Gasteiger partial charge in [-0.1, -0.05) is 35.9 Å². The molecular formula is C18H13ClF2N3O3P. The molecule has 144 valence electrons. The third-order valence-corrected chi connectivity index (χ3v) is 5.44. The Balaban J connectivity index is 1.83. The van der Waals surface area contributed by atoms with Crippen LogP contribution in [0.2, 0.25) is 5.15 Å². The molecule has 0 amide bonds. The first-order valence-corrected chi connectivity index (χ1v) is 10.3. The summed E-state index contributed by atoms with van der Waals surface area (Å²) in [6, 6.07) is 8.81. The van der Waals surface area contributed by atoms with E-state index in [1.54, 1.807) is 28.8 Å². The Morgan fingerprint density at radius 1 is 1.04 bits per heavy atom. The molecule has 4 aromatic rings. The molecule has 0 saturated heterocycles. The van der Waals surface area contributed by atoms with Gasteiger partial charge in [0.1, 0.15) is 17.4 Å². The molecule has 2 aromatic carbocycles. The molecule has 0 unspecified atom stereocenters. The zero-order valence-electron chi connectivity index (χ0n) is 14.2. The maximum absolute atomic E-state index is 13.9. The van der Waals surface area contributed by atoms with Crippen LogP contribution in [0.5, 0.6) is 0 Å². The smallest absolute Gasteiger partial charge is 0.329 e. The van der Waals surface area contributed by atoms with Crippen molar-refractivity contribution in [3.63, 3.8) is 0 Å². The first-order chi connectivity index (χ1) is 13.2. The Labute approximate surface area is 162 Å². The third-order valence-electron chi connectivity index (χ3n) is 4.38. The molecule has 6 nitrogen and oxygen atoms in total. The van der Waals surface area contributed by atoms with E-state index in [0.29, 0.717) is 27.5 Å². The van der Waals surface area contributed by atoms with E-state index in [9.17, 15) is 13.3 Å². The van der Waals surface area contributed by atoms with Crippen LogP contribution >= 0.6 is 19.2 Å². The Kier molecular flexibility index (Phi) is 4.67. The molecule has 0 radical (unpaired) electrons. The van der Waals surface area contributed by atoms with Gasteiger partial charge in [0.2, 0.25) is 0 Å². The second kappa shape index (κ2) is 6.90. The fourth-order valence-corrected chi connectivity index (χ4v) is 4.12. The maximum atomic E-state index is 13.9. The molecule has 0 spiro atoms. The van der Waals surface area contributed by atoms with Crippen molar-refractivity contribution in [3.8, 4) is 0 Å². The van der Waals surface area contributed by atoms with E-state index in [1.165, 1.54) is 6.33 Å². The number of benzene rings is 2. The van der Waals surface area contributed by atoms with E-state index < -0.39 is 19.2 Å². The summed E-state index contributed by atoms with van der Waals surface area (Å²) in [4.78, 5) is 26.3. The zero-order valence-corrected chi connectivity index (χ0v) is 15.8. The Morgan fingerprint density at radius 2 is 1.68 bits per heavy atom. The first-order valence-electron chi connectivity index (χ1n) is 8.13. The average Bonchev–Trinajstić information content (AvgIpc) is 2.90. The number of hydrogen-bond donors (Lipinski definition) is 2. The van der Waals surface area contributed by atoms with Gasteiger partial charge in [0.25, 0.3) is 0 Å². The standard InChI is InChI=1S/C18H13ClF2N3O3P/c19-18-17-16(22-9-23-18)12-5-13(20)14(21)6-15(12)24(17)7-10-1-3-11(4-2-10)8-28(25,26)27/h1-6,9H,7-8H2,(H2,25,26,27). The molecule has 0 atom stereocenters. The number of fused-ring (bicyclic) bond motifs is 3. The summed E-state index contributed by atoms with van der Waals surface area (Å²) in [5.41, 5.74) is 2.54. The van der Waals surface area contributed by atoms with Gasteiger partial charge in [-0.05, 0) is 17.2 Å². The molecule has 4 rings (SSSR count). The van der Waals surface area contributed by atoms with Gasteiger partial charge in [0.15, 0.2) is 16.8 Å². The van der Waals surface area contributed by atoms with Gasteiger partial charge in [-0.15, -0.1) is 0 Å². The average molecular weight is 424 g/mol. The van der Waals surface area contributed by atoms with Crippen LogP contribution < -0.4 is 0 Å². The highest BCUT2D eigenvalue weighted by Gasteiger charge is 2.19. The van der Waals surface area contributed by atoms with Crippen molar-refractivity contribution in [2.75, 3.05) is 0 Å². The molecule has 0 aliphatic carbocycles. The molecular weight excluding hydrogens is 411 g/mol. The minimum Gasteiger partial charge on any atom is -0.332 e. The lowest BCUT2D eigenvalue weighted by atomic mass is 10.1. The second-order valence-corrected chi connectivity index (χ2v) is 8.37. The highest BCUT2D eigenvalue weighted by atomic mass is 35.5. The highest BCUT2D eigenvalue weighted by molar-refractivity contribution is 7.50. The molecule has 28 heavy (non-hydrogen) atoms.